The predicted octanol–water partition coefficient (Wildman–Crippen LogP) is 2.39. The van der Waals surface area contributed by atoms with Crippen molar-refractivity contribution in [1.82, 2.24) is 5.32 Å². The summed E-state index contributed by atoms with van der Waals surface area (Å²) in [6.45, 7) is 8.56. The van der Waals surface area contributed by atoms with E-state index in [4.69, 9.17) is 19.9 Å². The second-order valence-electron chi connectivity index (χ2n) is 8.65. The molecule has 1 amide bonds. The van der Waals surface area contributed by atoms with Gasteiger partial charge in [-0.15, -0.1) is 0 Å². The van der Waals surface area contributed by atoms with Crippen molar-refractivity contribution in [2.75, 3.05) is 33.5 Å². The van der Waals surface area contributed by atoms with Crippen LogP contribution in [0.15, 0.2) is 24.3 Å². The molecule has 1 aliphatic carbocycles. The number of benzene rings is 1. The first-order valence-electron chi connectivity index (χ1n) is 10.2. The zero-order valence-corrected chi connectivity index (χ0v) is 17.5. The van der Waals surface area contributed by atoms with Crippen molar-refractivity contribution >= 4 is 5.91 Å². The van der Waals surface area contributed by atoms with Gasteiger partial charge in [-0.05, 0) is 37.5 Å². The third-order valence-electron chi connectivity index (χ3n) is 6.97. The Bertz CT molecular complexity index is 682. The SMILES string of the molecule is CCOC1CC(N)(C(=O)NCC2(c3ccc(OC)cc3)CCOCC2)C1(C)C. The van der Waals surface area contributed by atoms with Gasteiger partial charge in [0.05, 0.1) is 13.2 Å². The average Bonchev–Trinajstić information content (AvgIpc) is 2.72. The van der Waals surface area contributed by atoms with E-state index in [1.807, 2.05) is 32.9 Å². The molecule has 0 spiro atoms. The van der Waals surface area contributed by atoms with Crippen LogP contribution in [-0.4, -0.2) is 51.0 Å². The number of rotatable bonds is 7. The zero-order chi connectivity index (χ0) is 20.4. The fourth-order valence-corrected chi connectivity index (χ4v) is 4.50. The summed E-state index contributed by atoms with van der Waals surface area (Å²) in [5.74, 6) is 0.738. The second kappa shape index (κ2) is 8.01. The molecule has 1 aliphatic heterocycles. The summed E-state index contributed by atoms with van der Waals surface area (Å²) in [5, 5.41) is 3.17. The molecule has 0 bridgehead atoms. The molecule has 6 heteroatoms. The van der Waals surface area contributed by atoms with E-state index in [2.05, 4.69) is 17.4 Å². The first kappa shape index (κ1) is 21.1. The highest BCUT2D eigenvalue weighted by Crippen LogP contribution is 2.50. The molecule has 2 unspecified atom stereocenters. The third kappa shape index (κ3) is 3.53. The minimum atomic E-state index is -0.904. The lowest BCUT2D eigenvalue weighted by atomic mass is 9.54. The summed E-state index contributed by atoms with van der Waals surface area (Å²) in [4.78, 5) is 13.1. The average molecular weight is 391 g/mol. The van der Waals surface area contributed by atoms with Crippen molar-refractivity contribution in [2.45, 2.75) is 57.1 Å². The van der Waals surface area contributed by atoms with Crippen molar-refractivity contribution in [3.05, 3.63) is 29.8 Å². The molecule has 2 aliphatic rings. The zero-order valence-electron chi connectivity index (χ0n) is 17.5. The normalized spacial score (nSPS) is 28.2. The molecule has 0 radical (unpaired) electrons. The first-order valence-corrected chi connectivity index (χ1v) is 10.2. The highest BCUT2D eigenvalue weighted by atomic mass is 16.5. The molecule has 1 heterocycles. The lowest BCUT2D eigenvalue weighted by Gasteiger charge is -2.57. The van der Waals surface area contributed by atoms with Crippen LogP contribution in [0.25, 0.3) is 0 Å². The molecular formula is C22H34N2O4. The maximum atomic E-state index is 13.1. The van der Waals surface area contributed by atoms with E-state index in [-0.39, 0.29) is 17.4 Å². The van der Waals surface area contributed by atoms with Crippen LogP contribution >= 0.6 is 0 Å². The van der Waals surface area contributed by atoms with E-state index < -0.39 is 11.0 Å². The summed E-state index contributed by atoms with van der Waals surface area (Å²) >= 11 is 0. The number of carbonyl (C=O) groups excluding carboxylic acids is 1. The van der Waals surface area contributed by atoms with Crippen molar-refractivity contribution in [3.8, 4) is 5.75 Å². The van der Waals surface area contributed by atoms with Crippen LogP contribution in [0.1, 0.15) is 45.6 Å². The molecular weight excluding hydrogens is 356 g/mol. The third-order valence-corrected chi connectivity index (χ3v) is 6.97. The van der Waals surface area contributed by atoms with Gasteiger partial charge >= 0.3 is 0 Å². The molecule has 6 nitrogen and oxygen atoms in total. The quantitative estimate of drug-likeness (QED) is 0.747. The molecule has 1 saturated heterocycles. The highest BCUT2D eigenvalue weighted by molar-refractivity contribution is 5.88. The Balaban J connectivity index is 1.73. The number of hydrogen-bond donors (Lipinski definition) is 2. The van der Waals surface area contributed by atoms with Crippen LogP contribution < -0.4 is 15.8 Å². The van der Waals surface area contributed by atoms with Crippen molar-refractivity contribution in [2.24, 2.45) is 11.1 Å². The first-order chi connectivity index (χ1) is 13.3. The molecule has 28 heavy (non-hydrogen) atoms. The Morgan fingerprint density at radius 2 is 1.89 bits per heavy atom. The number of amides is 1. The van der Waals surface area contributed by atoms with Gasteiger partial charge in [-0.3, -0.25) is 4.79 Å². The standard InChI is InChI=1S/C22H34N2O4/c1-5-28-18-14-22(23,20(18,2)3)19(25)24-15-21(10-12-27-13-11-21)16-6-8-17(26-4)9-7-16/h6-9,18H,5,10-15,23H2,1-4H3,(H,24,25). The van der Waals surface area contributed by atoms with E-state index in [0.717, 1.165) is 18.6 Å². The molecule has 2 atom stereocenters. The van der Waals surface area contributed by atoms with Gasteiger partial charge in [0.2, 0.25) is 5.91 Å². The molecule has 3 rings (SSSR count). The fourth-order valence-electron chi connectivity index (χ4n) is 4.50. The summed E-state index contributed by atoms with van der Waals surface area (Å²) in [6.07, 6.45) is 2.30. The fraction of sp³-hybridized carbons (Fsp3) is 0.682. The minimum absolute atomic E-state index is 0.0203. The van der Waals surface area contributed by atoms with E-state index in [1.165, 1.54) is 5.56 Å². The van der Waals surface area contributed by atoms with E-state index in [0.29, 0.717) is 32.8 Å². The number of nitrogens with one attached hydrogen (secondary N) is 1. The maximum absolute atomic E-state index is 13.1. The Morgan fingerprint density at radius 3 is 2.43 bits per heavy atom. The Hall–Kier alpha value is -1.63. The molecule has 1 saturated carbocycles. The maximum Gasteiger partial charge on any atom is 0.240 e. The Kier molecular flexibility index (Phi) is 6.03. The molecule has 0 aromatic heterocycles. The van der Waals surface area contributed by atoms with Crippen LogP contribution in [0.2, 0.25) is 0 Å². The lowest BCUT2D eigenvalue weighted by Crippen LogP contribution is -2.76. The van der Waals surface area contributed by atoms with Gasteiger partial charge in [0.25, 0.3) is 0 Å². The topological polar surface area (TPSA) is 82.8 Å². The van der Waals surface area contributed by atoms with Gasteiger partial charge in [0, 0.05) is 43.6 Å². The summed E-state index contributed by atoms with van der Waals surface area (Å²) in [5.41, 5.74) is 6.30. The Labute approximate surface area is 168 Å². The summed E-state index contributed by atoms with van der Waals surface area (Å²) in [7, 11) is 1.66. The smallest absolute Gasteiger partial charge is 0.240 e. The molecule has 1 aromatic carbocycles. The van der Waals surface area contributed by atoms with Gasteiger partial charge < -0.3 is 25.3 Å². The van der Waals surface area contributed by atoms with Crippen molar-refractivity contribution in [1.29, 1.82) is 0 Å². The number of ether oxygens (including phenoxy) is 3. The van der Waals surface area contributed by atoms with E-state index >= 15 is 0 Å². The summed E-state index contributed by atoms with van der Waals surface area (Å²) < 4.78 is 16.6. The minimum Gasteiger partial charge on any atom is -0.497 e. The molecule has 2 fully saturated rings. The molecule has 156 valence electrons. The lowest BCUT2D eigenvalue weighted by molar-refractivity contribution is -0.171. The van der Waals surface area contributed by atoms with Gasteiger partial charge in [-0.25, -0.2) is 0 Å². The number of hydrogen-bond acceptors (Lipinski definition) is 5. The van der Waals surface area contributed by atoms with Crippen LogP contribution in [0, 0.1) is 5.41 Å². The van der Waals surface area contributed by atoms with E-state index in [1.54, 1.807) is 7.11 Å². The van der Waals surface area contributed by atoms with Crippen molar-refractivity contribution < 1.29 is 19.0 Å². The largest absolute Gasteiger partial charge is 0.497 e. The number of methoxy groups -OCH3 is 1. The van der Waals surface area contributed by atoms with Gasteiger partial charge in [-0.2, -0.15) is 0 Å². The van der Waals surface area contributed by atoms with Crippen LogP contribution in [0.5, 0.6) is 5.75 Å². The van der Waals surface area contributed by atoms with Crippen LogP contribution in [0.3, 0.4) is 0 Å². The number of nitrogens with two attached hydrogens (primary N) is 1. The highest BCUT2D eigenvalue weighted by Gasteiger charge is 2.63. The van der Waals surface area contributed by atoms with Crippen LogP contribution in [0.4, 0.5) is 0 Å². The molecule has 3 N–H and O–H groups in total. The molecule has 1 aromatic rings. The monoisotopic (exact) mass is 390 g/mol. The predicted molar refractivity (Wildman–Crippen MR) is 108 cm³/mol. The van der Waals surface area contributed by atoms with Gasteiger partial charge in [-0.1, -0.05) is 26.0 Å². The van der Waals surface area contributed by atoms with Gasteiger partial charge in [0.15, 0.2) is 0 Å². The second-order valence-corrected chi connectivity index (χ2v) is 8.65. The van der Waals surface area contributed by atoms with Gasteiger partial charge in [0.1, 0.15) is 11.3 Å². The summed E-state index contributed by atoms with van der Waals surface area (Å²) in [6, 6.07) is 8.13. The number of carbonyl (C=O) groups is 1. The van der Waals surface area contributed by atoms with Crippen LogP contribution in [-0.2, 0) is 19.7 Å². The Morgan fingerprint density at radius 1 is 1.25 bits per heavy atom. The van der Waals surface area contributed by atoms with Crippen molar-refractivity contribution in [3.63, 3.8) is 0 Å². The van der Waals surface area contributed by atoms with E-state index in [9.17, 15) is 4.79 Å².